The molecule has 5 heteroatoms. The predicted octanol–water partition coefficient (Wildman–Crippen LogP) is 10.0. The van der Waals surface area contributed by atoms with Crippen molar-refractivity contribution < 1.29 is 13.6 Å². The lowest BCUT2D eigenvalue weighted by Gasteiger charge is -2.45. The number of allylic oxidation sites excluding steroid dienone is 3. The van der Waals surface area contributed by atoms with E-state index in [0.717, 1.165) is 18.4 Å². The second-order valence-electron chi connectivity index (χ2n) is 16.4. The summed E-state index contributed by atoms with van der Waals surface area (Å²) in [5.41, 5.74) is 4.29. The van der Waals surface area contributed by atoms with Crippen molar-refractivity contribution in [3.05, 3.63) is 35.5 Å². The van der Waals surface area contributed by atoms with Crippen molar-refractivity contribution in [1.29, 1.82) is 0 Å². The van der Waals surface area contributed by atoms with Crippen LogP contribution in [-0.2, 0) is 13.6 Å². The van der Waals surface area contributed by atoms with E-state index in [1.807, 2.05) is 0 Å². The Morgan fingerprint density at radius 1 is 0.974 bits per heavy atom. The van der Waals surface area contributed by atoms with Crippen LogP contribution in [0.5, 0.6) is 0 Å². The third-order valence-electron chi connectivity index (χ3n) is 11.6. The molecule has 0 saturated heterocycles. The lowest BCUT2D eigenvalue weighted by Crippen LogP contribution is -2.49. The molecule has 0 N–H and O–H groups in total. The first-order chi connectivity index (χ1) is 17.7. The van der Waals surface area contributed by atoms with Gasteiger partial charge in [0.1, 0.15) is 6.29 Å². The molecule has 0 aromatic heterocycles. The minimum absolute atomic E-state index is 0.0139. The third kappa shape index (κ3) is 6.84. The second kappa shape index (κ2) is 11.5. The fourth-order valence-electron chi connectivity index (χ4n) is 7.00. The largest absolute Gasteiger partial charge is 0.413 e. The van der Waals surface area contributed by atoms with Gasteiger partial charge < -0.3 is 13.6 Å². The topological polar surface area (TPSA) is 35.5 Å². The average molecular weight is 573 g/mol. The highest BCUT2D eigenvalue weighted by Crippen LogP contribution is 2.59. The van der Waals surface area contributed by atoms with Crippen LogP contribution in [-0.4, -0.2) is 35.1 Å². The number of aldehydes is 1. The van der Waals surface area contributed by atoms with E-state index in [0.29, 0.717) is 11.8 Å². The molecule has 0 spiro atoms. The number of hydrogen-bond acceptors (Lipinski definition) is 3. The van der Waals surface area contributed by atoms with Gasteiger partial charge in [0, 0.05) is 12.3 Å². The molecule has 6 atom stereocenters. The SMILES string of the molecule is C=C1C(=CC=C2CCC[C@@]3(C)C2CC[C@@H]3[C@H](C)C=O)C[C@@H](O[Si](C)(C)C(C)(C)C)C[C@@H]1O[Si](C)(C)C(C)(C)C. The van der Waals surface area contributed by atoms with E-state index < -0.39 is 16.6 Å². The molecule has 1 unspecified atom stereocenters. The molecule has 0 aromatic carbocycles. The molecule has 222 valence electrons. The first-order valence-corrected chi connectivity index (χ1v) is 21.4. The van der Waals surface area contributed by atoms with Gasteiger partial charge in [-0.3, -0.25) is 0 Å². The summed E-state index contributed by atoms with van der Waals surface area (Å²) in [6.07, 6.45) is 14.0. The normalized spacial score (nSPS) is 33.9. The Bertz CT molecular complexity index is 977. The van der Waals surface area contributed by atoms with Crippen LogP contribution in [0.2, 0.25) is 36.3 Å². The number of hydrogen-bond donors (Lipinski definition) is 0. The summed E-state index contributed by atoms with van der Waals surface area (Å²) in [4.78, 5) is 11.7. The Balaban J connectivity index is 1.93. The van der Waals surface area contributed by atoms with Crippen LogP contribution in [0.15, 0.2) is 35.5 Å². The predicted molar refractivity (Wildman–Crippen MR) is 172 cm³/mol. The van der Waals surface area contributed by atoms with Crippen LogP contribution in [0.25, 0.3) is 0 Å². The zero-order valence-electron chi connectivity index (χ0n) is 27.5. The Morgan fingerprint density at radius 3 is 2.13 bits per heavy atom. The molecule has 0 aliphatic heterocycles. The number of rotatable bonds is 7. The maximum Gasteiger partial charge on any atom is 0.192 e. The van der Waals surface area contributed by atoms with Crippen molar-refractivity contribution in [2.24, 2.45) is 23.2 Å². The Labute approximate surface area is 243 Å². The summed E-state index contributed by atoms with van der Waals surface area (Å²) in [5, 5.41) is 0.323. The van der Waals surface area contributed by atoms with E-state index >= 15 is 0 Å². The monoisotopic (exact) mass is 572 g/mol. The van der Waals surface area contributed by atoms with Gasteiger partial charge in [0.25, 0.3) is 0 Å². The zero-order valence-corrected chi connectivity index (χ0v) is 29.5. The molecule has 3 aliphatic carbocycles. The summed E-state index contributed by atoms with van der Waals surface area (Å²) < 4.78 is 14.0. The highest BCUT2D eigenvalue weighted by Gasteiger charge is 2.51. The van der Waals surface area contributed by atoms with E-state index in [1.165, 1.54) is 44.0 Å². The van der Waals surface area contributed by atoms with Crippen molar-refractivity contribution in [1.82, 2.24) is 0 Å². The van der Waals surface area contributed by atoms with Crippen molar-refractivity contribution in [3.63, 3.8) is 0 Å². The van der Waals surface area contributed by atoms with E-state index in [1.54, 1.807) is 5.57 Å². The molecule has 3 saturated carbocycles. The van der Waals surface area contributed by atoms with Gasteiger partial charge in [-0.1, -0.05) is 79.7 Å². The quantitative estimate of drug-likeness (QED) is 0.225. The molecular formula is C34H60O3Si2. The summed E-state index contributed by atoms with van der Waals surface area (Å²) >= 11 is 0. The lowest BCUT2D eigenvalue weighted by molar-refractivity contribution is -0.113. The summed E-state index contributed by atoms with van der Waals surface area (Å²) in [7, 11) is -3.89. The third-order valence-corrected chi connectivity index (χ3v) is 20.6. The fraction of sp³-hybridized carbons (Fsp3) is 0.794. The standard InChI is InChI=1S/C34H60O3Si2/c1-24(23-35)29-18-19-30-26(15-14-20-34(29,30)9)16-17-27-21-28(36-38(10,11)32(3,4)5)22-31(25(27)2)37-39(12,13)33(6,7)8/h16-17,23-24,28-31H,2,14-15,18-22H2,1,3-13H3/t24-,28-,29-,30?,31+,34-/m1/s1. The van der Waals surface area contributed by atoms with E-state index in [9.17, 15) is 4.79 Å². The minimum atomic E-state index is -1.97. The van der Waals surface area contributed by atoms with Gasteiger partial charge in [0.2, 0.25) is 0 Å². The molecule has 0 heterocycles. The molecule has 3 aliphatic rings. The van der Waals surface area contributed by atoms with Crippen LogP contribution in [0, 0.1) is 23.2 Å². The number of carbonyl (C=O) groups is 1. The van der Waals surface area contributed by atoms with Crippen molar-refractivity contribution >= 4 is 22.9 Å². The molecule has 0 aromatic rings. The zero-order chi connectivity index (χ0) is 29.6. The van der Waals surface area contributed by atoms with Gasteiger partial charge in [0.15, 0.2) is 16.6 Å². The van der Waals surface area contributed by atoms with Crippen LogP contribution in [0.1, 0.15) is 100 Å². The Hall–Kier alpha value is -0.756. The summed E-state index contributed by atoms with van der Waals surface area (Å²) in [6.45, 7) is 32.6. The van der Waals surface area contributed by atoms with Crippen LogP contribution < -0.4 is 0 Å². The highest BCUT2D eigenvalue weighted by atomic mass is 28.4. The number of carbonyl (C=O) groups excluding carboxylic acids is 1. The molecule has 0 amide bonds. The molecule has 3 rings (SSSR count). The molecule has 3 nitrogen and oxygen atoms in total. The average Bonchev–Trinajstić information content (AvgIpc) is 3.15. The molecule has 0 bridgehead atoms. The molecular weight excluding hydrogens is 513 g/mol. The van der Waals surface area contributed by atoms with Crippen molar-refractivity contribution in [2.75, 3.05) is 0 Å². The molecule has 3 fully saturated rings. The summed E-state index contributed by atoms with van der Waals surface area (Å²) in [6, 6.07) is 0. The second-order valence-corrected chi connectivity index (χ2v) is 25.9. The lowest BCUT2D eigenvalue weighted by atomic mass is 9.61. The van der Waals surface area contributed by atoms with Gasteiger partial charge in [-0.25, -0.2) is 0 Å². The van der Waals surface area contributed by atoms with Crippen LogP contribution in [0.4, 0.5) is 0 Å². The van der Waals surface area contributed by atoms with Crippen molar-refractivity contribution in [3.8, 4) is 0 Å². The Morgan fingerprint density at radius 2 is 1.56 bits per heavy atom. The molecule has 0 radical (unpaired) electrons. The number of fused-ring (bicyclic) bond motifs is 1. The first kappa shape index (κ1) is 32.8. The smallest absolute Gasteiger partial charge is 0.192 e. The van der Waals surface area contributed by atoms with Gasteiger partial charge in [-0.05, 0) is 103 Å². The fourth-order valence-corrected chi connectivity index (χ4v) is 9.67. The summed E-state index contributed by atoms with van der Waals surface area (Å²) in [5.74, 6) is 1.24. The maximum absolute atomic E-state index is 11.7. The van der Waals surface area contributed by atoms with E-state index in [4.69, 9.17) is 8.85 Å². The van der Waals surface area contributed by atoms with E-state index in [-0.39, 0.29) is 33.6 Å². The van der Waals surface area contributed by atoms with Gasteiger partial charge in [-0.15, -0.1) is 0 Å². The first-order valence-electron chi connectivity index (χ1n) is 15.6. The van der Waals surface area contributed by atoms with Gasteiger partial charge >= 0.3 is 0 Å². The van der Waals surface area contributed by atoms with Crippen molar-refractivity contribution in [2.45, 2.75) is 149 Å². The van der Waals surface area contributed by atoms with E-state index in [2.05, 4.69) is 100 Å². The van der Waals surface area contributed by atoms with Crippen LogP contribution >= 0.6 is 0 Å². The van der Waals surface area contributed by atoms with Gasteiger partial charge in [0.05, 0.1) is 12.2 Å². The van der Waals surface area contributed by atoms with Crippen LogP contribution in [0.3, 0.4) is 0 Å². The minimum Gasteiger partial charge on any atom is -0.413 e. The highest BCUT2D eigenvalue weighted by molar-refractivity contribution is 6.74. The molecule has 39 heavy (non-hydrogen) atoms. The Kier molecular flexibility index (Phi) is 9.65. The van der Waals surface area contributed by atoms with Gasteiger partial charge in [-0.2, -0.15) is 0 Å². The maximum atomic E-state index is 11.7.